The zero-order chi connectivity index (χ0) is 9.68. The second kappa shape index (κ2) is 4.84. The van der Waals surface area contributed by atoms with E-state index in [0.717, 1.165) is 12.1 Å². The molecule has 3 heteroatoms. The second-order valence-corrected chi connectivity index (χ2v) is 2.96. The van der Waals surface area contributed by atoms with E-state index in [4.69, 9.17) is 10.5 Å². The van der Waals surface area contributed by atoms with Gasteiger partial charge in [-0.2, -0.15) is 0 Å². The highest BCUT2D eigenvalue weighted by Crippen LogP contribution is 2.08. The lowest BCUT2D eigenvalue weighted by molar-refractivity contribution is 0.0812. The van der Waals surface area contributed by atoms with E-state index in [1.54, 1.807) is 7.11 Å². The number of nitrogen functional groups attached to an aromatic ring is 1. The van der Waals surface area contributed by atoms with Crippen LogP contribution in [0.1, 0.15) is 5.56 Å². The van der Waals surface area contributed by atoms with Crippen molar-refractivity contribution in [2.75, 3.05) is 19.9 Å². The third kappa shape index (κ3) is 3.05. The summed E-state index contributed by atoms with van der Waals surface area (Å²) < 4.78 is 5.19. The maximum atomic E-state index is 5.66. The van der Waals surface area contributed by atoms with Crippen LogP contribution >= 0.6 is 0 Å². The molecule has 1 unspecified atom stereocenters. The lowest BCUT2D eigenvalue weighted by atomic mass is 10.1. The molecule has 3 nitrogen and oxygen atoms in total. The minimum Gasteiger partial charge on any atom is -0.399 e. The van der Waals surface area contributed by atoms with Gasteiger partial charge in [-0.1, -0.05) is 12.1 Å². The van der Waals surface area contributed by atoms with Crippen LogP contribution in [0.25, 0.3) is 0 Å². The molecule has 13 heavy (non-hydrogen) atoms. The first-order valence-corrected chi connectivity index (χ1v) is 4.30. The van der Waals surface area contributed by atoms with Crippen molar-refractivity contribution < 1.29 is 4.74 Å². The number of benzene rings is 1. The van der Waals surface area contributed by atoms with E-state index >= 15 is 0 Å². The van der Waals surface area contributed by atoms with Gasteiger partial charge in [-0.05, 0) is 24.7 Å². The molecule has 0 fully saturated rings. The molecule has 0 aliphatic rings. The van der Waals surface area contributed by atoms with E-state index in [9.17, 15) is 0 Å². The maximum absolute atomic E-state index is 5.66. The third-order valence-electron chi connectivity index (χ3n) is 1.98. The quantitative estimate of drug-likeness (QED) is 0.537. The molecule has 0 aliphatic carbocycles. The average Bonchev–Trinajstić information content (AvgIpc) is 2.14. The van der Waals surface area contributed by atoms with Crippen molar-refractivity contribution in [3.05, 3.63) is 29.8 Å². The summed E-state index contributed by atoms with van der Waals surface area (Å²) in [5.41, 5.74) is 7.63. The summed E-state index contributed by atoms with van der Waals surface area (Å²) in [6, 6.07) is 7.83. The Labute approximate surface area is 78.9 Å². The SMILES string of the molecule is CNC(Cc1cccc(N)c1)OC. The standard InChI is InChI=1S/C10H16N2O/c1-12-10(13-2)7-8-4-3-5-9(11)6-8/h3-6,10,12H,7,11H2,1-2H3. The van der Waals surface area contributed by atoms with Gasteiger partial charge in [-0.3, -0.25) is 5.32 Å². The highest BCUT2D eigenvalue weighted by molar-refractivity contribution is 5.40. The molecule has 0 saturated carbocycles. The van der Waals surface area contributed by atoms with Gasteiger partial charge in [0, 0.05) is 19.2 Å². The second-order valence-electron chi connectivity index (χ2n) is 2.96. The summed E-state index contributed by atoms with van der Waals surface area (Å²) in [6.07, 6.45) is 0.889. The van der Waals surface area contributed by atoms with Crippen molar-refractivity contribution in [2.45, 2.75) is 12.6 Å². The van der Waals surface area contributed by atoms with Gasteiger partial charge in [0.15, 0.2) is 0 Å². The summed E-state index contributed by atoms with van der Waals surface area (Å²) in [7, 11) is 3.56. The molecule has 0 aliphatic heterocycles. The van der Waals surface area contributed by atoms with E-state index in [2.05, 4.69) is 5.32 Å². The Bertz CT molecular complexity index is 259. The van der Waals surface area contributed by atoms with Crippen LogP contribution in [0.3, 0.4) is 0 Å². The molecule has 1 aromatic carbocycles. The monoisotopic (exact) mass is 180 g/mol. The molecule has 3 N–H and O–H groups in total. The van der Waals surface area contributed by atoms with Gasteiger partial charge in [0.05, 0.1) is 0 Å². The number of ether oxygens (including phenoxy) is 1. The van der Waals surface area contributed by atoms with Gasteiger partial charge >= 0.3 is 0 Å². The molecule has 0 heterocycles. The normalized spacial score (nSPS) is 12.8. The summed E-state index contributed by atoms with van der Waals surface area (Å²) in [5.74, 6) is 0. The van der Waals surface area contributed by atoms with Crippen LogP contribution in [-0.2, 0) is 11.2 Å². The largest absolute Gasteiger partial charge is 0.399 e. The molecular weight excluding hydrogens is 164 g/mol. The van der Waals surface area contributed by atoms with Crippen LogP contribution in [0.2, 0.25) is 0 Å². The number of likely N-dealkylation sites (N-methyl/N-ethyl adjacent to an activating group) is 1. The summed E-state index contributed by atoms with van der Waals surface area (Å²) in [6.45, 7) is 0. The molecule has 72 valence electrons. The minimum atomic E-state index is 0.0572. The molecule has 0 spiro atoms. The Kier molecular flexibility index (Phi) is 3.73. The summed E-state index contributed by atoms with van der Waals surface area (Å²) >= 11 is 0. The summed E-state index contributed by atoms with van der Waals surface area (Å²) in [5, 5.41) is 3.06. The van der Waals surface area contributed by atoms with Crippen LogP contribution < -0.4 is 11.1 Å². The van der Waals surface area contributed by atoms with Gasteiger partial charge in [0.25, 0.3) is 0 Å². The Balaban J connectivity index is 2.62. The Morgan fingerprint density at radius 3 is 2.85 bits per heavy atom. The van der Waals surface area contributed by atoms with Crippen LogP contribution in [0.4, 0.5) is 5.69 Å². The van der Waals surface area contributed by atoms with Gasteiger partial charge in [0.1, 0.15) is 6.23 Å². The zero-order valence-corrected chi connectivity index (χ0v) is 8.08. The fourth-order valence-electron chi connectivity index (χ4n) is 1.24. The van der Waals surface area contributed by atoms with Crippen molar-refractivity contribution in [1.82, 2.24) is 5.32 Å². The number of nitrogens with two attached hydrogens (primary N) is 1. The van der Waals surface area contributed by atoms with E-state index in [-0.39, 0.29) is 6.23 Å². The van der Waals surface area contributed by atoms with Crippen molar-refractivity contribution in [2.24, 2.45) is 0 Å². The number of anilines is 1. The van der Waals surface area contributed by atoms with Gasteiger partial charge in [-0.15, -0.1) is 0 Å². The zero-order valence-electron chi connectivity index (χ0n) is 8.08. The minimum absolute atomic E-state index is 0.0572. The first-order chi connectivity index (χ1) is 6.26. The van der Waals surface area contributed by atoms with E-state index in [0.29, 0.717) is 0 Å². The average molecular weight is 180 g/mol. The van der Waals surface area contributed by atoms with Gasteiger partial charge in [-0.25, -0.2) is 0 Å². The highest BCUT2D eigenvalue weighted by Gasteiger charge is 2.04. The molecule has 0 aromatic heterocycles. The first kappa shape index (κ1) is 10.0. The molecule has 1 atom stereocenters. The molecule has 0 amide bonds. The number of hydrogen-bond donors (Lipinski definition) is 2. The lowest BCUT2D eigenvalue weighted by Crippen LogP contribution is -2.29. The number of methoxy groups -OCH3 is 1. The molecular formula is C10H16N2O. The molecule has 1 rings (SSSR count). The maximum Gasteiger partial charge on any atom is 0.111 e. The third-order valence-corrected chi connectivity index (χ3v) is 1.98. The fourth-order valence-corrected chi connectivity index (χ4v) is 1.24. The molecule has 0 bridgehead atoms. The fraction of sp³-hybridized carbons (Fsp3) is 0.400. The topological polar surface area (TPSA) is 47.3 Å². The van der Waals surface area contributed by atoms with Crippen LogP contribution in [0.15, 0.2) is 24.3 Å². The van der Waals surface area contributed by atoms with Crippen molar-refractivity contribution in [3.8, 4) is 0 Å². The van der Waals surface area contributed by atoms with E-state index < -0.39 is 0 Å². The Hall–Kier alpha value is -1.06. The van der Waals surface area contributed by atoms with Crippen LogP contribution in [-0.4, -0.2) is 20.4 Å². The van der Waals surface area contributed by atoms with Gasteiger partial charge < -0.3 is 10.5 Å². The lowest BCUT2D eigenvalue weighted by Gasteiger charge is -2.14. The predicted octanol–water partition coefficient (Wildman–Crippen LogP) is 1.00. The predicted molar refractivity (Wildman–Crippen MR) is 54.4 cm³/mol. The van der Waals surface area contributed by atoms with Crippen molar-refractivity contribution in [1.29, 1.82) is 0 Å². The Morgan fingerprint density at radius 1 is 1.54 bits per heavy atom. The smallest absolute Gasteiger partial charge is 0.111 e. The number of rotatable bonds is 4. The van der Waals surface area contributed by atoms with Crippen molar-refractivity contribution >= 4 is 5.69 Å². The van der Waals surface area contributed by atoms with E-state index in [1.165, 1.54) is 5.56 Å². The van der Waals surface area contributed by atoms with Gasteiger partial charge in [0.2, 0.25) is 0 Å². The molecule has 0 saturated heterocycles. The summed E-state index contributed by atoms with van der Waals surface area (Å²) in [4.78, 5) is 0. The Morgan fingerprint density at radius 2 is 2.31 bits per heavy atom. The van der Waals surface area contributed by atoms with Crippen LogP contribution in [0.5, 0.6) is 0 Å². The number of nitrogens with one attached hydrogen (secondary N) is 1. The van der Waals surface area contributed by atoms with E-state index in [1.807, 2.05) is 31.3 Å². The number of hydrogen-bond acceptors (Lipinski definition) is 3. The first-order valence-electron chi connectivity index (χ1n) is 4.30. The van der Waals surface area contributed by atoms with Crippen molar-refractivity contribution in [3.63, 3.8) is 0 Å². The van der Waals surface area contributed by atoms with Crippen LogP contribution in [0, 0.1) is 0 Å². The molecule has 1 aromatic rings. The highest BCUT2D eigenvalue weighted by atomic mass is 16.5. The molecule has 0 radical (unpaired) electrons.